The lowest BCUT2D eigenvalue weighted by Crippen LogP contribution is -2.18. The molecule has 23 heavy (non-hydrogen) atoms. The Morgan fingerprint density at radius 3 is 2.48 bits per heavy atom. The lowest BCUT2D eigenvalue weighted by atomic mass is 10.2. The third kappa shape index (κ3) is 4.46. The smallest absolute Gasteiger partial charge is 0.276 e. The van der Waals surface area contributed by atoms with Gasteiger partial charge in [-0.25, -0.2) is 4.83 Å². The van der Waals surface area contributed by atoms with E-state index >= 15 is 0 Å². The number of sulfonamides is 1. The molecule has 2 aromatic rings. The van der Waals surface area contributed by atoms with Gasteiger partial charge in [0.05, 0.1) is 24.8 Å². The summed E-state index contributed by atoms with van der Waals surface area (Å²) in [4.78, 5) is 2.28. The average Bonchev–Trinajstić information content (AvgIpc) is 2.56. The third-order valence-corrected chi connectivity index (χ3v) is 4.20. The highest BCUT2D eigenvalue weighted by Gasteiger charge is 2.12. The number of ether oxygens (including phenoxy) is 2. The van der Waals surface area contributed by atoms with Gasteiger partial charge in [-0.3, -0.25) is 0 Å². The second-order valence-corrected chi connectivity index (χ2v) is 6.16. The zero-order valence-corrected chi connectivity index (χ0v) is 13.7. The van der Waals surface area contributed by atoms with Crippen LogP contribution in [0.4, 0.5) is 0 Å². The number of hydrogen-bond acceptors (Lipinski definition) is 5. The fourth-order valence-electron chi connectivity index (χ4n) is 1.87. The summed E-state index contributed by atoms with van der Waals surface area (Å²) in [5.41, 5.74) is 0.671. The molecule has 0 radical (unpaired) electrons. The molecule has 0 bridgehead atoms. The minimum atomic E-state index is -3.73. The SMILES string of the molecule is CCOc1ccc(S(=O)(=O)NN=Cc2ccccc2OC)cc1. The van der Waals surface area contributed by atoms with E-state index in [9.17, 15) is 8.42 Å². The van der Waals surface area contributed by atoms with Gasteiger partial charge in [0.15, 0.2) is 0 Å². The molecule has 2 rings (SSSR count). The number of hydrogen-bond donors (Lipinski definition) is 1. The molecule has 1 N–H and O–H groups in total. The molecule has 2 aromatic carbocycles. The van der Waals surface area contributed by atoms with Gasteiger partial charge >= 0.3 is 0 Å². The van der Waals surface area contributed by atoms with Gasteiger partial charge < -0.3 is 9.47 Å². The summed E-state index contributed by atoms with van der Waals surface area (Å²) in [6.07, 6.45) is 1.39. The van der Waals surface area contributed by atoms with Gasteiger partial charge in [-0.1, -0.05) is 12.1 Å². The van der Waals surface area contributed by atoms with Crippen molar-refractivity contribution in [1.82, 2.24) is 4.83 Å². The minimum Gasteiger partial charge on any atom is -0.496 e. The summed E-state index contributed by atoms with van der Waals surface area (Å²) < 4.78 is 34.7. The Morgan fingerprint density at radius 2 is 1.83 bits per heavy atom. The molecule has 0 unspecified atom stereocenters. The summed E-state index contributed by atoms with van der Waals surface area (Å²) in [5, 5.41) is 3.78. The highest BCUT2D eigenvalue weighted by molar-refractivity contribution is 7.89. The Labute approximate surface area is 135 Å². The summed E-state index contributed by atoms with van der Waals surface area (Å²) in [6, 6.07) is 13.3. The van der Waals surface area contributed by atoms with E-state index in [0.29, 0.717) is 23.7 Å². The van der Waals surface area contributed by atoms with Crippen LogP contribution in [-0.4, -0.2) is 28.3 Å². The summed E-state index contributed by atoms with van der Waals surface area (Å²) in [7, 11) is -2.19. The minimum absolute atomic E-state index is 0.109. The van der Waals surface area contributed by atoms with Gasteiger partial charge in [0.25, 0.3) is 10.0 Å². The van der Waals surface area contributed by atoms with Crippen LogP contribution in [0, 0.1) is 0 Å². The molecule has 0 amide bonds. The van der Waals surface area contributed by atoms with Crippen LogP contribution < -0.4 is 14.3 Å². The van der Waals surface area contributed by atoms with Crippen molar-refractivity contribution in [2.45, 2.75) is 11.8 Å². The van der Waals surface area contributed by atoms with Crippen molar-refractivity contribution in [3.8, 4) is 11.5 Å². The number of nitrogens with zero attached hydrogens (tertiary/aromatic N) is 1. The number of para-hydroxylation sites is 1. The lowest BCUT2D eigenvalue weighted by Gasteiger charge is -2.06. The van der Waals surface area contributed by atoms with Gasteiger partial charge in [0, 0.05) is 5.56 Å². The van der Waals surface area contributed by atoms with Crippen LogP contribution in [0.2, 0.25) is 0 Å². The Hall–Kier alpha value is -2.54. The first-order valence-electron chi connectivity index (χ1n) is 6.97. The maximum absolute atomic E-state index is 12.1. The monoisotopic (exact) mass is 334 g/mol. The van der Waals surface area contributed by atoms with Crippen molar-refractivity contribution in [2.24, 2.45) is 5.10 Å². The molecule has 0 fully saturated rings. The molecule has 0 aromatic heterocycles. The Kier molecular flexibility index (Phi) is 5.59. The van der Waals surface area contributed by atoms with Gasteiger partial charge in [0.1, 0.15) is 11.5 Å². The number of nitrogens with one attached hydrogen (secondary N) is 1. The van der Waals surface area contributed by atoms with Crippen LogP contribution in [0.1, 0.15) is 12.5 Å². The van der Waals surface area contributed by atoms with E-state index in [1.54, 1.807) is 24.3 Å². The molecule has 0 aliphatic heterocycles. The topological polar surface area (TPSA) is 77.0 Å². The number of methoxy groups -OCH3 is 1. The summed E-state index contributed by atoms with van der Waals surface area (Å²) in [6.45, 7) is 2.38. The summed E-state index contributed by atoms with van der Waals surface area (Å²) >= 11 is 0. The van der Waals surface area contributed by atoms with Crippen LogP contribution in [0.3, 0.4) is 0 Å². The zero-order valence-electron chi connectivity index (χ0n) is 12.9. The van der Waals surface area contributed by atoms with Crippen molar-refractivity contribution < 1.29 is 17.9 Å². The highest BCUT2D eigenvalue weighted by atomic mass is 32.2. The molecular formula is C16H18N2O4S. The zero-order chi connectivity index (χ0) is 16.7. The molecule has 0 heterocycles. The number of hydrazone groups is 1. The van der Waals surface area contributed by atoms with E-state index in [0.717, 1.165) is 0 Å². The first-order chi connectivity index (χ1) is 11.1. The third-order valence-electron chi connectivity index (χ3n) is 2.96. The van der Waals surface area contributed by atoms with Crippen molar-refractivity contribution in [3.05, 3.63) is 54.1 Å². The normalized spacial score (nSPS) is 11.4. The van der Waals surface area contributed by atoms with E-state index in [2.05, 4.69) is 9.93 Å². The van der Waals surface area contributed by atoms with Crippen molar-refractivity contribution in [3.63, 3.8) is 0 Å². The first kappa shape index (κ1) is 16.8. The molecule has 0 aliphatic carbocycles. The van der Waals surface area contributed by atoms with Crippen LogP contribution in [-0.2, 0) is 10.0 Å². The lowest BCUT2D eigenvalue weighted by molar-refractivity contribution is 0.340. The average molecular weight is 334 g/mol. The molecule has 122 valence electrons. The maximum Gasteiger partial charge on any atom is 0.276 e. The Bertz CT molecular complexity index is 771. The van der Waals surface area contributed by atoms with E-state index in [-0.39, 0.29) is 4.90 Å². The summed E-state index contributed by atoms with van der Waals surface area (Å²) in [5.74, 6) is 1.22. The quantitative estimate of drug-likeness (QED) is 0.623. The number of rotatable bonds is 7. The van der Waals surface area contributed by atoms with Crippen LogP contribution in [0.5, 0.6) is 11.5 Å². The van der Waals surface area contributed by atoms with E-state index in [4.69, 9.17) is 9.47 Å². The largest absolute Gasteiger partial charge is 0.496 e. The first-order valence-corrected chi connectivity index (χ1v) is 8.46. The molecule has 0 atom stereocenters. The molecule has 0 spiro atoms. The van der Waals surface area contributed by atoms with Crippen molar-refractivity contribution in [1.29, 1.82) is 0 Å². The van der Waals surface area contributed by atoms with E-state index in [1.807, 2.05) is 19.1 Å². The van der Waals surface area contributed by atoms with Crippen molar-refractivity contribution >= 4 is 16.2 Å². The maximum atomic E-state index is 12.1. The highest BCUT2D eigenvalue weighted by Crippen LogP contribution is 2.16. The second-order valence-electron chi connectivity index (χ2n) is 4.50. The Morgan fingerprint density at radius 1 is 1.13 bits per heavy atom. The number of benzene rings is 2. The molecule has 7 heteroatoms. The van der Waals surface area contributed by atoms with E-state index < -0.39 is 10.0 Å². The molecular weight excluding hydrogens is 316 g/mol. The van der Waals surface area contributed by atoms with Gasteiger partial charge in [-0.2, -0.15) is 13.5 Å². The van der Waals surface area contributed by atoms with Gasteiger partial charge in [0.2, 0.25) is 0 Å². The fourth-order valence-corrected chi connectivity index (χ4v) is 2.66. The molecule has 0 saturated heterocycles. The Balaban J connectivity index is 2.10. The molecule has 0 aliphatic rings. The van der Waals surface area contributed by atoms with Gasteiger partial charge in [-0.05, 0) is 43.3 Å². The molecule has 6 nitrogen and oxygen atoms in total. The fraction of sp³-hybridized carbons (Fsp3) is 0.188. The van der Waals surface area contributed by atoms with Crippen LogP contribution in [0.15, 0.2) is 58.5 Å². The molecule has 0 saturated carbocycles. The second kappa shape index (κ2) is 7.64. The predicted octanol–water partition coefficient (Wildman–Crippen LogP) is 2.41. The van der Waals surface area contributed by atoms with Crippen LogP contribution >= 0.6 is 0 Å². The van der Waals surface area contributed by atoms with Crippen molar-refractivity contribution in [2.75, 3.05) is 13.7 Å². The van der Waals surface area contributed by atoms with Gasteiger partial charge in [-0.15, -0.1) is 0 Å². The van der Waals surface area contributed by atoms with Crippen LogP contribution in [0.25, 0.3) is 0 Å². The predicted molar refractivity (Wildman–Crippen MR) is 88.5 cm³/mol. The van der Waals surface area contributed by atoms with E-state index in [1.165, 1.54) is 25.5 Å². The standard InChI is InChI=1S/C16H18N2O4S/c1-3-22-14-8-10-15(11-9-14)23(19,20)18-17-12-13-6-4-5-7-16(13)21-2/h4-12,18H,3H2,1-2H3.